The molecule has 0 amide bonds. The van der Waals surface area contributed by atoms with Gasteiger partial charge in [0.2, 0.25) is 0 Å². The number of thiophene rings is 1. The van der Waals surface area contributed by atoms with Crippen LogP contribution in [-0.2, 0) is 12.8 Å². The number of nitriles is 1. The van der Waals surface area contributed by atoms with Gasteiger partial charge in [0.1, 0.15) is 0 Å². The van der Waals surface area contributed by atoms with Gasteiger partial charge in [-0.1, -0.05) is 54.6 Å². The average Bonchev–Trinajstić information content (AvgIpc) is 3.47. The van der Waals surface area contributed by atoms with E-state index in [0.717, 1.165) is 35.3 Å². The monoisotopic (exact) mass is 495 g/mol. The molecule has 37 heavy (non-hydrogen) atoms. The molecule has 2 unspecified atom stereocenters. The van der Waals surface area contributed by atoms with Crippen molar-refractivity contribution in [3.05, 3.63) is 111 Å². The summed E-state index contributed by atoms with van der Waals surface area (Å²) in [4.78, 5) is 2.69. The Kier molecular flexibility index (Phi) is 5.02. The van der Waals surface area contributed by atoms with Gasteiger partial charge in [0, 0.05) is 38.1 Å². The summed E-state index contributed by atoms with van der Waals surface area (Å²) in [5, 5.41) is 20.4. The second-order valence-electron chi connectivity index (χ2n) is 10.1. The minimum atomic E-state index is 0.193. The molecule has 5 aromatic rings. The average molecular weight is 496 g/mol. The summed E-state index contributed by atoms with van der Waals surface area (Å²) in [6, 6.07) is 25.6. The van der Waals surface area contributed by atoms with Crippen LogP contribution in [0.15, 0.2) is 78.9 Å². The summed E-state index contributed by atoms with van der Waals surface area (Å²) >= 11 is 1.87. The van der Waals surface area contributed by atoms with Crippen molar-refractivity contribution in [3.8, 4) is 11.8 Å². The summed E-state index contributed by atoms with van der Waals surface area (Å²) in [6.07, 6.45) is 10.9. The predicted octanol–water partition coefficient (Wildman–Crippen LogP) is 8.30. The summed E-state index contributed by atoms with van der Waals surface area (Å²) in [7, 11) is 0. The maximum absolute atomic E-state index is 9.80. The third-order valence-electron chi connectivity index (χ3n) is 7.92. The first-order valence-corrected chi connectivity index (χ1v) is 13.5. The van der Waals surface area contributed by atoms with Gasteiger partial charge in [-0.05, 0) is 72.9 Å². The van der Waals surface area contributed by atoms with Gasteiger partial charge in [-0.3, -0.25) is 0 Å². The maximum Gasteiger partial charge on any atom is 0.0992 e. The van der Waals surface area contributed by atoms with Crippen LogP contribution < -0.4 is 0 Å². The number of hydrogen-bond acceptors (Lipinski definition) is 3. The minimum absolute atomic E-state index is 0.193. The van der Waals surface area contributed by atoms with Crippen LogP contribution in [0.1, 0.15) is 44.8 Å². The molecule has 1 N–H and O–H groups in total. The van der Waals surface area contributed by atoms with E-state index < -0.39 is 0 Å². The van der Waals surface area contributed by atoms with Crippen LogP contribution in [0.25, 0.3) is 39.6 Å². The van der Waals surface area contributed by atoms with Gasteiger partial charge in [0.15, 0.2) is 0 Å². The molecule has 7 rings (SSSR count). The van der Waals surface area contributed by atoms with Crippen molar-refractivity contribution in [3.63, 3.8) is 0 Å². The number of para-hydroxylation sites is 2. The number of fused-ring (bicyclic) bond motifs is 6. The number of aromatic nitrogens is 1. The number of nitrogens with one attached hydrogen (secondary N) is 1. The van der Waals surface area contributed by atoms with Crippen LogP contribution in [0, 0.1) is 22.7 Å². The maximum atomic E-state index is 9.80. The third kappa shape index (κ3) is 3.43. The molecule has 2 atom stereocenters. The van der Waals surface area contributed by atoms with E-state index in [-0.39, 0.29) is 11.8 Å². The summed E-state index contributed by atoms with van der Waals surface area (Å²) in [6.45, 7) is 1.91. The Morgan fingerprint density at radius 1 is 0.892 bits per heavy atom. The van der Waals surface area contributed by atoms with E-state index in [2.05, 4.69) is 95.6 Å². The third-order valence-corrected chi connectivity index (χ3v) is 9.13. The molecule has 3 aromatic carbocycles. The second-order valence-corrected chi connectivity index (χ2v) is 11.1. The molecule has 178 valence electrons. The van der Waals surface area contributed by atoms with Gasteiger partial charge in [0.25, 0.3) is 0 Å². The number of rotatable bonds is 3. The standard InChI is InChI=1S/C33H25N3S/c1-20(35)22-11-14-32-27(17-22)28-18-23(12-15-33(28)37-32)24-13-10-21(19-34)16-31(24)36-29-8-4-2-6-25(29)26-7-3-5-9-30(26)36/h2-16,22-23,35H,17-18H2,1H3. The molecule has 2 aliphatic rings. The zero-order chi connectivity index (χ0) is 25.1. The summed E-state index contributed by atoms with van der Waals surface area (Å²) in [5.41, 5.74) is 8.87. The molecular weight excluding hydrogens is 470 g/mol. The molecule has 4 heteroatoms. The Labute approximate surface area is 220 Å². The fourth-order valence-corrected chi connectivity index (χ4v) is 7.24. The van der Waals surface area contributed by atoms with Crippen molar-refractivity contribution >= 4 is 51.0 Å². The molecule has 0 saturated carbocycles. The molecule has 0 fully saturated rings. The highest BCUT2D eigenvalue weighted by Gasteiger charge is 2.28. The van der Waals surface area contributed by atoms with Gasteiger partial charge < -0.3 is 9.98 Å². The fraction of sp³-hybridized carbons (Fsp3) is 0.152. The van der Waals surface area contributed by atoms with E-state index in [0.29, 0.717) is 5.56 Å². The SMILES string of the molecule is CC(=N)C1C=Cc2sc3c(c2C1)CC(c1ccc(C#N)cc1-n1c2ccccc2c2ccccc21)C=C3. The van der Waals surface area contributed by atoms with Crippen LogP contribution >= 0.6 is 11.3 Å². The smallest absolute Gasteiger partial charge is 0.0992 e. The molecule has 2 aromatic heterocycles. The summed E-state index contributed by atoms with van der Waals surface area (Å²) < 4.78 is 2.34. The molecule has 2 aliphatic carbocycles. The predicted molar refractivity (Wildman–Crippen MR) is 155 cm³/mol. The molecule has 0 aliphatic heterocycles. The lowest BCUT2D eigenvalue weighted by Gasteiger charge is -2.24. The molecule has 0 bridgehead atoms. The lowest BCUT2D eigenvalue weighted by molar-refractivity contribution is 0.780. The number of hydrogen-bond donors (Lipinski definition) is 1. The lowest BCUT2D eigenvalue weighted by Crippen LogP contribution is -2.16. The van der Waals surface area contributed by atoms with Crippen LogP contribution in [0.3, 0.4) is 0 Å². The molecule has 3 nitrogen and oxygen atoms in total. The van der Waals surface area contributed by atoms with Crippen LogP contribution in [-0.4, -0.2) is 10.3 Å². The van der Waals surface area contributed by atoms with E-state index in [1.165, 1.54) is 37.2 Å². The van der Waals surface area contributed by atoms with Gasteiger partial charge in [-0.25, -0.2) is 0 Å². The van der Waals surface area contributed by atoms with Crippen molar-refractivity contribution in [1.82, 2.24) is 4.57 Å². The Morgan fingerprint density at radius 3 is 2.22 bits per heavy atom. The number of nitrogens with zero attached hydrogens (tertiary/aromatic N) is 2. The fourth-order valence-electron chi connectivity index (χ4n) is 6.05. The number of benzene rings is 3. The van der Waals surface area contributed by atoms with E-state index in [1.807, 2.05) is 24.3 Å². The minimum Gasteiger partial charge on any atom is -0.309 e. The summed E-state index contributed by atoms with van der Waals surface area (Å²) in [5.74, 6) is 0.401. The first-order valence-electron chi connectivity index (χ1n) is 12.7. The molecule has 0 radical (unpaired) electrons. The van der Waals surface area contributed by atoms with Crippen molar-refractivity contribution in [1.29, 1.82) is 10.7 Å². The highest BCUT2D eigenvalue weighted by Crippen LogP contribution is 2.43. The zero-order valence-electron chi connectivity index (χ0n) is 20.5. The topological polar surface area (TPSA) is 52.6 Å². The van der Waals surface area contributed by atoms with Crippen molar-refractivity contribution in [2.75, 3.05) is 0 Å². The Bertz CT molecular complexity index is 1790. The van der Waals surface area contributed by atoms with Crippen molar-refractivity contribution in [2.45, 2.75) is 25.7 Å². The second kappa shape index (κ2) is 8.44. The van der Waals surface area contributed by atoms with Gasteiger partial charge in [0.05, 0.1) is 28.4 Å². The normalized spacial score (nSPS) is 18.1. The molecule has 0 spiro atoms. The first-order chi connectivity index (χ1) is 18.1. The Balaban J connectivity index is 1.40. The largest absolute Gasteiger partial charge is 0.309 e. The Hall–Kier alpha value is -4.20. The lowest BCUT2D eigenvalue weighted by atomic mass is 9.81. The van der Waals surface area contributed by atoms with E-state index >= 15 is 0 Å². The van der Waals surface area contributed by atoms with Gasteiger partial charge in [-0.15, -0.1) is 11.3 Å². The van der Waals surface area contributed by atoms with Crippen LogP contribution in [0.5, 0.6) is 0 Å². The Morgan fingerprint density at radius 2 is 1.54 bits per heavy atom. The zero-order valence-corrected chi connectivity index (χ0v) is 21.3. The highest BCUT2D eigenvalue weighted by atomic mass is 32.1. The van der Waals surface area contributed by atoms with Gasteiger partial charge in [-0.2, -0.15) is 5.26 Å². The number of allylic oxidation sites excluding steroid dienone is 2. The van der Waals surface area contributed by atoms with E-state index in [4.69, 9.17) is 5.41 Å². The van der Waals surface area contributed by atoms with Crippen molar-refractivity contribution < 1.29 is 0 Å². The van der Waals surface area contributed by atoms with E-state index in [1.54, 1.807) is 0 Å². The highest BCUT2D eigenvalue weighted by molar-refractivity contribution is 7.14. The van der Waals surface area contributed by atoms with E-state index in [9.17, 15) is 5.26 Å². The molecule has 2 heterocycles. The van der Waals surface area contributed by atoms with Crippen LogP contribution in [0.4, 0.5) is 0 Å². The molecular formula is C33H25N3S. The quantitative estimate of drug-likeness (QED) is 0.252. The van der Waals surface area contributed by atoms with Gasteiger partial charge >= 0.3 is 0 Å². The van der Waals surface area contributed by atoms with Crippen molar-refractivity contribution in [2.24, 2.45) is 5.92 Å². The van der Waals surface area contributed by atoms with Crippen LogP contribution in [0.2, 0.25) is 0 Å². The molecule has 0 saturated heterocycles. The first kappa shape index (κ1) is 22.0.